The lowest BCUT2D eigenvalue weighted by molar-refractivity contribution is -0.462. The van der Waals surface area contributed by atoms with Gasteiger partial charge in [-0.3, -0.25) is 4.18 Å². The molecule has 0 fully saturated rings. The van der Waals surface area contributed by atoms with Gasteiger partial charge in [-0.15, -0.1) is 0 Å². The van der Waals surface area contributed by atoms with Gasteiger partial charge in [-0.25, -0.2) is 13.0 Å². The second-order valence-electron chi connectivity index (χ2n) is 7.23. The van der Waals surface area contributed by atoms with Crippen LogP contribution >= 0.6 is 0 Å². The van der Waals surface area contributed by atoms with E-state index < -0.39 is 10.4 Å². The fourth-order valence-electron chi connectivity index (χ4n) is 2.87. The Balaban J connectivity index is 0.000000501. The normalized spacial score (nSPS) is 12.8. The van der Waals surface area contributed by atoms with Crippen molar-refractivity contribution in [3.8, 4) is 11.1 Å². The second-order valence-corrected chi connectivity index (χ2v) is 8.38. The summed E-state index contributed by atoms with van der Waals surface area (Å²) < 4.78 is 33.1. The minimum Gasteiger partial charge on any atom is -0.726 e. The quantitative estimate of drug-likeness (QED) is 0.411. The van der Waals surface area contributed by atoms with E-state index in [1.54, 1.807) is 0 Å². The monoisotopic (exact) mass is 440 g/mol. The summed E-state index contributed by atoms with van der Waals surface area (Å²) in [6.45, 7) is 0. The smallest absolute Gasteiger partial charge is 0.217 e. The summed E-state index contributed by atoms with van der Waals surface area (Å²) in [5, 5.41) is 0. The van der Waals surface area contributed by atoms with E-state index >= 15 is 0 Å². The molecule has 0 aliphatic heterocycles. The van der Waals surface area contributed by atoms with Gasteiger partial charge < -0.3 is 9.45 Å². The van der Waals surface area contributed by atoms with Gasteiger partial charge in [0.25, 0.3) is 0 Å². The molecule has 0 amide bonds. The molecule has 0 radical (unpaired) electrons. The third kappa shape index (κ3) is 7.64. The van der Waals surface area contributed by atoms with E-state index in [1.807, 2.05) is 0 Å². The van der Waals surface area contributed by atoms with Crippen LogP contribution in [-0.2, 0) is 14.6 Å². The van der Waals surface area contributed by atoms with Crippen LogP contribution in [0.3, 0.4) is 0 Å². The Morgan fingerprint density at radius 3 is 1.97 bits per heavy atom. The van der Waals surface area contributed by atoms with Gasteiger partial charge in [0, 0.05) is 31.9 Å². The van der Waals surface area contributed by atoms with E-state index in [4.69, 9.17) is 0 Å². The predicted octanol–water partition coefficient (Wildman–Crippen LogP) is 3.74. The van der Waals surface area contributed by atoms with Crippen LogP contribution in [0.15, 0.2) is 78.4 Å². The Morgan fingerprint density at radius 2 is 1.48 bits per heavy atom. The summed E-state index contributed by atoms with van der Waals surface area (Å²) in [6, 6.07) is 17.3. The molecular weight excluding hydrogens is 412 g/mol. The van der Waals surface area contributed by atoms with Crippen LogP contribution in [-0.4, -0.2) is 58.6 Å². The first-order valence-electron chi connectivity index (χ1n) is 9.61. The first-order valence-corrected chi connectivity index (χ1v) is 10.9. The van der Waals surface area contributed by atoms with Gasteiger partial charge in [-0.1, -0.05) is 36.4 Å². The molecule has 1 aliphatic carbocycles. The van der Waals surface area contributed by atoms with Crippen molar-refractivity contribution in [1.29, 1.82) is 0 Å². The van der Waals surface area contributed by atoms with E-state index in [0.717, 1.165) is 7.11 Å². The number of hydrogen-bond acceptors (Lipinski definition) is 5. The summed E-state index contributed by atoms with van der Waals surface area (Å²) >= 11 is 0. The molecule has 0 bridgehead atoms. The molecule has 0 spiro atoms. The predicted molar refractivity (Wildman–Crippen MR) is 126 cm³/mol. The number of hydrogen-bond donors (Lipinski definition) is 0. The average molecular weight is 441 g/mol. The van der Waals surface area contributed by atoms with Crippen molar-refractivity contribution in [3.05, 3.63) is 84.0 Å². The van der Waals surface area contributed by atoms with Crippen LogP contribution in [0, 0.1) is 0 Å². The summed E-state index contributed by atoms with van der Waals surface area (Å²) in [5.74, 6) is 0. The number of allylic oxidation sites excluding steroid dienone is 5. The zero-order chi connectivity index (χ0) is 23.0. The lowest BCUT2D eigenvalue weighted by Gasteiger charge is -2.13. The fourth-order valence-corrected chi connectivity index (χ4v) is 2.87. The van der Waals surface area contributed by atoms with Crippen molar-refractivity contribution in [3.63, 3.8) is 0 Å². The second kappa shape index (κ2) is 10.9. The van der Waals surface area contributed by atoms with Gasteiger partial charge in [0.15, 0.2) is 5.71 Å². The third-order valence-corrected chi connectivity index (χ3v) is 5.00. The van der Waals surface area contributed by atoms with Crippen LogP contribution < -0.4 is 4.90 Å². The molecule has 0 unspecified atom stereocenters. The number of rotatable bonds is 4. The summed E-state index contributed by atoms with van der Waals surface area (Å²) in [5.41, 5.74) is 7.36. The molecule has 1 aliphatic rings. The van der Waals surface area contributed by atoms with Crippen molar-refractivity contribution >= 4 is 27.9 Å². The van der Waals surface area contributed by atoms with Gasteiger partial charge in [0.1, 0.15) is 14.1 Å². The Kier molecular flexibility index (Phi) is 8.50. The molecule has 2 aromatic carbocycles. The number of nitrogens with zero attached hydrogens (tertiary/aromatic N) is 2. The maximum Gasteiger partial charge on any atom is 0.217 e. The van der Waals surface area contributed by atoms with Gasteiger partial charge in [-0.05, 0) is 52.6 Å². The minimum absolute atomic E-state index is 0.808. The molecule has 31 heavy (non-hydrogen) atoms. The minimum atomic E-state index is -4.41. The third-order valence-electron chi connectivity index (χ3n) is 4.59. The Bertz CT molecular complexity index is 1100. The molecule has 0 atom stereocenters. The van der Waals surface area contributed by atoms with E-state index in [1.165, 1.54) is 33.7 Å². The first kappa shape index (κ1) is 24.3. The zero-order valence-electron chi connectivity index (χ0n) is 18.4. The molecule has 0 saturated carbocycles. The highest BCUT2D eigenvalue weighted by atomic mass is 32.3. The average Bonchev–Trinajstić information content (AvgIpc) is 2.74. The number of anilines is 1. The van der Waals surface area contributed by atoms with Crippen molar-refractivity contribution in [2.75, 3.05) is 40.2 Å². The van der Waals surface area contributed by atoms with Crippen molar-refractivity contribution in [2.45, 2.75) is 0 Å². The molecule has 2 aromatic rings. The van der Waals surface area contributed by atoms with Crippen LogP contribution in [0.2, 0.25) is 0 Å². The maximum atomic E-state index is 9.22. The number of benzene rings is 2. The summed E-state index contributed by atoms with van der Waals surface area (Å²) in [4.78, 5) is 2.12. The van der Waals surface area contributed by atoms with Crippen molar-refractivity contribution in [2.24, 2.45) is 0 Å². The molecule has 6 nitrogen and oxygen atoms in total. The van der Waals surface area contributed by atoms with Crippen LogP contribution in [0.4, 0.5) is 5.69 Å². The molecule has 3 rings (SSSR count). The molecule has 164 valence electrons. The fraction of sp³-hybridized carbons (Fsp3) is 0.208. The van der Waals surface area contributed by atoms with Gasteiger partial charge in [0.05, 0.1) is 7.11 Å². The lowest BCUT2D eigenvalue weighted by atomic mass is 9.96. The Hall–Kier alpha value is -3.00. The van der Waals surface area contributed by atoms with E-state index in [9.17, 15) is 13.0 Å². The van der Waals surface area contributed by atoms with Gasteiger partial charge >= 0.3 is 0 Å². The zero-order valence-corrected chi connectivity index (χ0v) is 19.3. The standard InChI is InChI=1S/C23H25N2.CH4O4S/c1-24(2)21-13-9-18(10-14-21)17-20-7-5-6-8-23(20)19-11-15-22(16-12-19)25(3)4;1-5-6(2,3)4/h5-17H,1-4H3;1H3,(H,2,3,4)/q+1;/p-1. The SMILES string of the molecule is CN(C)c1ccc(-c2ccccc2C=C2C=CC(=[N+](C)C)C=C2)cc1.COS(=O)(=O)[O-]. The highest BCUT2D eigenvalue weighted by molar-refractivity contribution is 7.80. The molecule has 7 heteroatoms. The summed E-state index contributed by atoms with van der Waals surface area (Å²) in [7, 11) is 4.64. The van der Waals surface area contributed by atoms with E-state index in [2.05, 4.69) is 121 Å². The highest BCUT2D eigenvalue weighted by Gasteiger charge is 2.07. The Morgan fingerprint density at radius 1 is 0.935 bits per heavy atom. The summed E-state index contributed by atoms with van der Waals surface area (Å²) in [6.07, 6.45) is 10.9. The highest BCUT2D eigenvalue weighted by Crippen LogP contribution is 2.28. The first-order chi connectivity index (χ1) is 14.6. The molecular formula is C24H28N2O4S. The molecule has 0 heterocycles. The van der Waals surface area contributed by atoms with Gasteiger partial charge in [0.2, 0.25) is 10.4 Å². The van der Waals surface area contributed by atoms with Crippen LogP contribution in [0.5, 0.6) is 0 Å². The van der Waals surface area contributed by atoms with E-state index in [0.29, 0.717) is 0 Å². The lowest BCUT2D eigenvalue weighted by Crippen LogP contribution is -2.09. The van der Waals surface area contributed by atoms with Crippen LogP contribution in [0.25, 0.3) is 17.2 Å². The molecule has 0 N–H and O–H groups in total. The topological polar surface area (TPSA) is 72.7 Å². The molecule has 0 aromatic heterocycles. The molecule has 0 saturated heterocycles. The Labute approximate surface area is 185 Å². The largest absolute Gasteiger partial charge is 0.726 e. The maximum absolute atomic E-state index is 9.22. The van der Waals surface area contributed by atoms with Crippen molar-refractivity contribution in [1.82, 2.24) is 0 Å². The van der Waals surface area contributed by atoms with Gasteiger partial charge in [-0.2, -0.15) is 0 Å². The van der Waals surface area contributed by atoms with E-state index in [-0.39, 0.29) is 0 Å². The van der Waals surface area contributed by atoms with Crippen molar-refractivity contribution < 1.29 is 21.7 Å². The van der Waals surface area contributed by atoms with Crippen LogP contribution in [0.1, 0.15) is 5.56 Å².